The van der Waals surface area contributed by atoms with E-state index < -0.39 is 5.91 Å². The number of carbonyl (C=O) groups excluding carboxylic acids is 1. The van der Waals surface area contributed by atoms with Crippen LogP contribution in [-0.4, -0.2) is 36.6 Å². The molecule has 1 aromatic heterocycles. The van der Waals surface area contributed by atoms with Crippen molar-refractivity contribution in [2.75, 3.05) is 0 Å². The molecule has 2 N–H and O–H groups in total. The summed E-state index contributed by atoms with van der Waals surface area (Å²) in [5.74, 6) is -0.195. The summed E-state index contributed by atoms with van der Waals surface area (Å²) in [5.41, 5.74) is 3.86. The second kappa shape index (κ2) is 6.24. The van der Waals surface area contributed by atoms with Gasteiger partial charge in [-0.3, -0.25) is 10.2 Å². The van der Waals surface area contributed by atoms with Crippen molar-refractivity contribution in [3.8, 4) is 11.4 Å². The van der Waals surface area contributed by atoms with Gasteiger partial charge in [0.1, 0.15) is 5.75 Å². The van der Waals surface area contributed by atoms with Crippen molar-refractivity contribution in [3.63, 3.8) is 0 Å². The summed E-state index contributed by atoms with van der Waals surface area (Å²) in [6.45, 7) is 5.74. The molecular formula is C19H17N5O2S. The summed E-state index contributed by atoms with van der Waals surface area (Å²) in [7, 11) is 0. The Morgan fingerprint density at radius 3 is 2.59 bits per heavy atom. The fraction of sp³-hybridized carbons (Fsp3) is 0.158. The molecule has 7 nitrogen and oxygen atoms in total. The average molecular weight is 379 g/mol. The number of hydrazone groups is 1. The maximum absolute atomic E-state index is 12.4. The molecule has 0 saturated carbocycles. The van der Waals surface area contributed by atoms with Gasteiger partial charge in [-0.15, -0.1) is 0 Å². The number of hydrogen-bond donors (Lipinski definition) is 2. The lowest BCUT2D eigenvalue weighted by Gasteiger charge is -2.20. The largest absolute Gasteiger partial charge is 0.508 e. The topological polar surface area (TPSA) is 94.0 Å². The van der Waals surface area contributed by atoms with Gasteiger partial charge in [0.25, 0.3) is 5.91 Å². The molecule has 3 heterocycles. The van der Waals surface area contributed by atoms with Gasteiger partial charge in [0, 0.05) is 17.1 Å². The van der Waals surface area contributed by atoms with Crippen molar-refractivity contribution in [2.24, 2.45) is 10.1 Å². The number of aromatic hydroxyl groups is 1. The van der Waals surface area contributed by atoms with Crippen molar-refractivity contribution in [1.29, 1.82) is 5.41 Å². The van der Waals surface area contributed by atoms with Crippen LogP contribution in [0.1, 0.15) is 23.9 Å². The summed E-state index contributed by atoms with van der Waals surface area (Å²) in [6.07, 6.45) is 1.69. The molecule has 1 aromatic carbocycles. The Morgan fingerprint density at radius 2 is 1.89 bits per heavy atom. The first-order chi connectivity index (χ1) is 12.8. The number of nitrogens with zero attached hydrogens (tertiary/aromatic N) is 4. The van der Waals surface area contributed by atoms with Gasteiger partial charge < -0.3 is 9.67 Å². The van der Waals surface area contributed by atoms with Gasteiger partial charge in [-0.1, -0.05) is 0 Å². The number of amidine groups is 2. The van der Waals surface area contributed by atoms with Crippen LogP contribution in [0.15, 0.2) is 46.0 Å². The zero-order valence-electron chi connectivity index (χ0n) is 15.0. The highest BCUT2D eigenvalue weighted by Crippen LogP contribution is 2.29. The first-order valence-electron chi connectivity index (χ1n) is 8.30. The van der Waals surface area contributed by atoms with Gasteiger partial charge in [0.15, 0.2) is 5.84 Å². The van der Waals surface area contributed by atoms with Crippen molar-refractivity contribution < 1.29 is 9.90 Å². The van der Waals surface area contributed by atoms with E-state index in [0.717, 1.165) is 27.7 Å². The molecule has 4 rings (SSSR count). The normalized spacial score (nSPS) is 18.0. The third-order valence-electron chi connectivity index (χ3n) is 4.43. The zero-order chi connectivity index (χ0) is 19.3. The Kier molecular flexibility index (Phi) is 4.00. The number of phenols is 1. The van der Waals surface area contributed by atoms with Gasteiger partial charge in [-0.25, -0.2) is 0 Å². The number of aromatic nitrogens is 1. The van der Waals surface area contributed by atoms with E-state index in [1.165, 1.54) is 16.8 Å². The van der Waals surface area contributed by atoms with Crippen LogP contribution in [0.5, 0.6) is 5.75 Å². The van der Waals surface area contributed by atoms with E-state index in [0.29, 0.717) is 5.17 Å². The number of phenolic OH excluding ortho intramolecular Hbond substituents is 1. The molecule has 0 bridgehead atoms. The molecule has 2 aliphatic rings. The van der Waals surface area contributed by atoms with Gasteiger partial charge in [0.05, 0.1) is 10.6 Å². The lowest BCUT2D eigenvalue weighted by atomic mass is 10.1. The van der Waals surface area contributed by atoms with E-state index in [1.54, 1.807) is 18.2 Å². The second-order valence-corrected chi connectivity index (χ2v) is 7.48. The molecule has 0 atom stereocenters. The molecular weight excluding hydrogens is 362 g/mol. The quantitative estimate of drug-likeness (QED) is 0.782. The van der Waals surface area contributed by atoms with Crippen molar-refractivity contribution >= 4 is 39.8 Å². The van der Waals surface area contributed by atoms with Crippen LogP contribution in [0.4, 0.5) is 0 Å². The minimum absolute atomic E-state index is 0.0313. The average Bonchev–Trinajstić information content (AvgIpc) is 3.12. The number of fused-ring (bicyclic) bond motifs is 1. The van der Waals surface area contributed by atoms with Crippen LogP contribution in [0.3, 0.4) is 0 Å². The molecule has 0 radical (unpaired) electrons. The van der Waals surface area contributed by atoms with Gasteiger partial charge in [0.2, 0.25) is 5.17 Å². The highest BCUT2D eigenvalue weighted by atomic mass is 32.2. The lowest BCUT2D eigenvalue weighted by molar-refractivity contribution is -0.114. The molecule has 0 unspecified atom stereocenters. The number of hydrogen-bond acceptors (Lipinski definition) is 5. The highest BCUT2D eigenvalue weighted by Gasteiger charge is 2.34. The number of thioether (sulfide) groups is 1. The molecule has 1 amide bonds. The predicted octanol–water partition coefficient (Wildman–Crippen LogP) is 3.44. The third kappa shape index (κ3) is 2.87. The van der Waals surface area contributed by atoms with E-state index in [2.05, 4.69) is 10.1 Å². The van der Waals surface area contributed by atoms with Crippen LogP contribution in [-0.2, 0) is 4.79 Å². The van der Waals surface area contributed by atoms with Crippen molar-refractivity contribution in [1.82, 2.24) is 9.58 Å². The predicted molar refractivity (Wildman–Crippen MR) is 108 cm³/mol. The summed E-state index contributed by atoms with van der Waals surface area (Å²) >= 11 is 1.29. The standard InChI is InChI=1S/C19H17N5O2S/c1-10-8-13(11(2)23(10)14-4-6-15(25)7-5-14)9-16-17(20)24-19(21-18(16)26)27-12(3)22-24/h4-9,20,25H,1-3H3/b16-9+,20-17?. The second-order valence-electron chi connectivity index (χ2n) is 6.32. The number of amides is 1. The number of aliphatic imine (C=N–C) groups is 1. The maximum atomic E-state index is 12.4. The number of rotatable bonds is 2. The zero-order valence-corrected chi connectivity index (χ0v) is 15.8. The number of carbonyl (C=O) groups is 1. The highest BCUT2D eigenvalue weighted by molar-refractivity contribution is 8.26. The van der Waals surface area contributed by atoms with Crippen LogP contribution >= 0.6 is 11.8 Å². The minimum Gasteiger partial charge on any atom is -0.508 e. The fourth-order valence-electron chi connectivity index (χ4n) is 3.18. The molecule has 8 heteroatoms. The summed E-state index contributed by atoms with van der Waals surface area (Å²) in [4.78, 5) is 16.5. The number of nitrogens with one attached hydrogen (secondary N) is 1. The molecule has 136 valence electrons. The fourth-order valence-corrected chi connectivity index (χ4v) is 3.91. The Hall–Kier alpha value is -3.13. The monoisotopic (exact) mass is 379 g/mol. The Bertz CT molecular complexity index is 1080. The van der Waals surface area contributed by atoms with Gasteiger partial charge >= 0.3 is 0 Å². The smallest absolute Gasteiger partial charge is 0.283 e. The number of aryl methyl sites for hydroxylation is 1. The lowest BCUT2D eigenvalue weighted by Crippen LogP contribution is -2.35. The molecule has 0 fully saturated rings. The van der Waals surface area contributed by atoms with E-state index in [-0.39, 0.29) is 17.2 Å². The van der Waals surface area contributed by atoms with Crippen LogP contribution < -0.4 is 0 Å². The van der Waals surface area contributed by atoms with E-state index >= 15 is 0 Å². The molecule has 2 aliphatic heterocycles. The van der Waals surface area contributed by atoms with Crippen molar-refractivity contribution in [3.05, 3.63) is 52.9 Å². The van der Waals surface area contributed by atoms with Gasteiger partial charge in [-0.2, -0.15) is 15.1 Å². The van der Waals surface area contributed by atoms with Crippen molar-refractivity contribution in [2.45, 2.75) is 20.8 Å². The van der Waals surface area contributed by atoms with Gasteiger partial charge in [-0.05, 0) is 74.5 Å². The molecule has 0 aliphatic carbocycles. The van der Waals surface area contributed by atoms with E-state index in [4.69, 9.17) is 5.41 Å². The van der Waals surface area contributed by atoms with Crippen LogP contribution in [0, 0.1) is 19.3 Å². The molecule has 2 aromatic rings. The molecule has 0 spiro atoms. The third-order valence-corrected chi connectivity index (χ3v) is 5.26. The summed E-state index contributed by atoms with van der Waals surface area (Å²) < 4.78 is 2.03. The summed E-state index contributed by atoms with van der Waals surface area (Å²) in [6, 6.07) is 8.88. The Morgan fingerprint density at radius 1 is 1.19 bits per heavy atom. The minimum atomic E-state index is -0.432. The van der Waals surface area contributed by atoms with Crippen LogP contribution in [0.25, 0.3) is 11.8 Å². The van der Waals surface area contributed by atoms with Crippen LogP contribution in [0.2, 0.25) is 0 Å². The SMILES string of the molecule is CC1=NN2C(=N)/C(=C\c3cc(C)n(-c4ccc(O)cc4)c3C)C(=O)N=C2S1. The molecule has 0 saturated heterocycles. The first kappa shape index (κ1) is 17.3. The molecule has 27 heavy (non-hydrogen) atoms. The number of benzene rings is 1. The summed E-state index contributed by atoms with van der Waals surface area (Å²) in [5, 5.41) is 24.7. The maximum Gasteiger partial charge on any atom is 0.283 e. The van der Waals surface area contributed by atoms with E-state index in [1.807, 2.05) is 43.5 Å². The Labute approximate surface area is 160 Å². The van der Waals surface area contributed by atoms with E-state index in [9.17, 15) is 9.90 Å². The first-order valence-corrected chi connectivity index (χ1v) is 9.12. The Balaban J connectivity index is 1.77.